The lowest BCUT2D eigenvalue weighted by atomic mass is 9.94. The number of nitrogens with zero attached hydrogens (tertiary/aromatic N) is 4. The lowest BCUT2D eigenvalue weighted by molar-refractivity contribution is 0.623. The molecule has 0 aliphatic heterocycles. The minimum absolute atomic E-state index is 0.615. The van der Waals surface area contributed by atoms with Gasteiger partial charge in [-0.15, -0.1) is 0 Å². The molecule has 9 rings (SSSR count). The molecule has 0 atom stereocenters. The van der Waals surface area contributed by atoms with E-state index in [9.17, 15) is 0 Å². The second kappa shape index (κ2) is 10.2. The van der Waals surface area contributed by atoms with E-state index in [2.05, 4.69) is 54.6 Å². The van der Waals surface area contributed by atoms with Gasteiger partial charge in [-0.1, -0.05) is 127 Å². The molecule has 0 saturated heterocycles. The van der Waals surface area contributed by atoms with Gasteiger partial charge >= 0.3 is 0 Å². The van der Waals surface area contributed by atoms with Crippen LogP contribution in [0, 0.1) is 0 Å². The molecule has 0 fully saturated rings. The first-order chi connectivity index (χ1) is 22.3. The van der Waals surface area contributed by atoms with Crippen molar-refractivity contribution >= 4 is 43.4 Å². The molecule has 45 heavy (non-hydrogen) atoms. The Morgan fingerprint density at radius 1 is 0.378 bits per heavy atom. The molecule has 0 N–H and O–H groups in total. The van der Waals surface area contributed by atoms with Crippen LogP contribution in [0.4, 0.5) is 0 Å². The molecule has 0 spiro atoms. The van der Waals surface area contributed by atoms with E-state index in [0.717, 1.165) is 65.7 Å². The van der Waals surface area contributed by atoms with Gasteiger partial charge in [-0.25, -0.2) is 19.9 Å². The third kappa shape index (κ3) is 4.25. The van der Waals surface area contributed by atoms with Crippen LogP contribution in [0.3, 0.4) is 0 Å². The number of oxazole rings is 1. The Balaban J connectivity index is 1.32. The minimum Gasteiger partial charge on any atom is -0.435 e. The molecule has 7 aromatic carbocycles. The summed E-state index contributed by atoms with van der Waals surface area (Å²) in [5, 5.41) is 6.56. The van der Waals surface area contributed by atoms with Crippen molar-refractivity contribution in [3.8, 4) is 45.6 Å². The van der Waals surface area contributed by atoms with Gasteiger partial charge in [0, 0.05) is 33.0 Å². The summed E-state index contributed by atoms with van der Waals surface area (Å²) in [6.45, 7) is 0. The molecule has 2 heterocycles. The molecular formula is C40H24N4O. The van der Waals surface area contributed by atoms with Crippen LogP contribution in [0.2, 0.25) is 0 Å². The largest absolute Gasteiger partial charge is 0.435 e. The third-order valence-electron chi connectivity index (χ3n) is 8.32. The Bertz CT molecular complexity index is 2470. The fraction of sp³-hybridized carbons (Fsp3) is 0. The van der Waals surface area contributed by atoms with Crippen LogP contribution >= 0.6 is 0 Å². The van der Waals surface area contributed by atoms with Crippen LogP contribution in [0.25, 0.3) is 89.0 Å². The molecule has 0 amide bonds. The second-order valence-electron chi connectivity index (χ2n) is 11.1. The van der Waals surface area contributed by atoms with Gasteiger partial charge in [-0.3, -0.25) is 0 Å². The van der Waals surface area contributed by atoms with Crippen molar-refractivity contribution in [2.45, 2.75) is 0 Å². The van der Waals surface area contributed by atoms with E-state index in [0.29, 0.717) is 23.4 Å². The van der Waals surface area contributed by atoms with Crippen molar-refractivity contribution in [3.63, 3.8) is 0 Å². The highest BCUT2D eigenvalue weighted by atomic mass is 16.3. The van der Waals surface area contributed by atoms with Crippen LogP contribution in [-0.4, -0.2) is 19.9 Å². The van der Waals surface area contributed by atoms with Crippen LogP contribution < -0.4 is 0 Å². The van der Waals surface area contributed by atoms with Crippen LogP contribution in [0.15, 0.2) is 150 Å². The van der Waals surface area contributed by atoms with E-state index in [1.54, 1.807) is 0 Å². The van der Waals surface area contributed by atoms with Gasteiger partial charge in [0.2, 0.25) is 5.89 Å². The van der Waals surface area contributed by atoms with Crippen molar-refractivity contribution in [2.24, 2.45) is 0 Å². The Hall–Kier alpha value is -6.20. The lowest BCUT2D eigenvalue weighted by Gasteiger charge is -2.11. The van der Waals surface area contributed by atoms with E-state index < -0.39 is 0 Å². The SMILES string of the molecule is c1ccc(-c2nc(-c3ccccc3)nc(-c3ccc4ccc5c6nc(-c7ccccc7)oc6c6ccccc6c5c4c3)n2)cc1. The Labute approximate surface area is 258 Å². The zero-order chi connectivity index (χ0) is 29.7. The number of fused-ring (bicyclic) bond motifs is 8. The predicted molar refractivity (Wildman–Crippen MR) is 182 cm³/mol. The van der Waals surface area contributed by atoms with Gasteiger partial charge in [0.25, 0.3) is 0 Å². The Morgan fingerprint density at radius 2 is 0.911 bits per heavy atom. The normalized spacial score (nSPS) is 11.6. The van der Waals surface area contributed by atoms with Crippen molar-refractivity contribution in [1.29, 1.82) is 0 Å². The molecule has 0 radical (unpaired) electrons. The number of hydrogen-bond donors (Lipinski definition) is 0. The van der Waals surface area contributed by atoms with Crippen molar-refractivity contribution in [1.82, 2.24) is 19.9 Å². The number of benzene rings is 7. The Kier molecular flexibility index (Phi) is 5.74. The van der Waals surface area contributed by atoms with Gasteiger partial charge < -0.3 is 4.42 Å². The standard InChI is InChI=1S/C40H24N4O/c1-4-12-26(13-5-1)37-42-38(27-14-6-2-7-15-27)44-39(43-37)29-21-20-25-22-23-32-34(33(25)24-29)30-18-10-11-19-31(30)36-35(32)41-40(45-36)28-16-8-3-9-17-28/h1-24H. The molecule has 0 saturated carbocycles. The van der Waals surface area contributed by atoms with E-state index in [4.69, 9.17) is 24.4 Å². The fourth-order valence-corrected chi connectivity index (χ4v) is 6.17. The summed E-state index contributed by atoms with van der Waals surface area (Å²) in [5.41, 5.74) is 5.41. The highest BCUT2D eigenvalue weighted by molar-refractivity contribution is 6.30. The van der Waals surface area contributed by atoms with Crippen LogP contribution in [0.5, 0.6) is 0 Å². The highest BCUT2D eigenvalue weighted by Gasteiger charge is 2.19. The van der Waals surface area contributed by atoms with Crippen molar-refractivity contribution in [2.75, 3.05) is 0 Å². The molecule has 5 heteroatoms. The van der Waals surface area contributed by atoms with Gasteiger partial charge in [0.05, 0.1) is 0 Å². The topological polar surface area (TPSA) is 64.7 Å². The highest BCUT2D eigenvalue weighted by Crippen LogP contribution is 2.41. The molecule has 0 unspecified atom stereocenters. The molecule has 210 valence electrons. The molecule has 0 aliphatic carbocycles. The second-order valence-corrected chi connectivity index (χ2v) is 11.1. The third-order valence-corrected chi connectivity index (χ3v) is 8.32. The summed E-state index contributed by atoms with van der Waals surface area (Å²) in [6.07, 6.45) is 0. The first-order valence-electron chi connectivity index (χ1n) is 14.9. The summed E-state index contributed by atoms with van der Waals surface area (Å²) < 4.78 is 6.45. The molecule has 2 aromatic heterocycles. The van der Waals surface area contributed by atoms with Gasteiger partial charge in [0.1, 0.15) is 5.52 Å². The predicted octanol–water partition coefficient (Wildman–Crippen LogP) is 10.1. The molecule has 9 aromatic rings. The average molecular weight is 577 g/mol. The number of aromatic nitrogens is 4. The first-order valence-corrected chi connectivity index (χ1v) is 14.9. The summed E-state index contributed by atoms with van der Waals surface area (Å²) in [7, 11) is 0. The van der Waals surface area contributed by atoms with Gasteiger partial charge in [-0.05, 0) is 39.7 Å². The molecule has 5 nitrogen and oxygen atoms in total. The van der Waals surface area contributed by atoms with Crippen LogP contribution in [-0.2, 0) is 0 Å². The average Bonchev–Trinajstić information content (AvgIpc) is 3.58. The molecule has 0 aliphatic rings. The zero-order valence-corrected chi connectivity index (χ0v) is 24.1. The van der Waals surface area contributed by atoms with Crippen LogP contribution in [0.1, 0.15) is 0 Å². The maximum absolute atomic E-state index is 6.45. The van der Waals surface area contributed by atoms with E-state index in [1.807, 2.05) is 91.0 Å². The summed E-state index contributed by atoms with van der Waals surface area (Å²) in [4.78, 5) is 19.9. The van der Waals surface area contributed by atoms with Gasteiger partial charge in [-0.2, -0.15) is 0 Å². The quantitative estimate of drug-likeness (QED) is 0.195. The minimum atomic E-state index is 0.615. The molecule has 0 bridgehead atoms. The monoisotopic (exact) mass is 576 g/mol. The maximum atomic E-state index is 6.45. The Morgan fingerprint density at radius 3 is 1.56 bits per heavy atom. The number of rotatable bonds is 4. The van der Waals surface area contributed by atoms with Crippen molar-refractivity contribution < 1.29 is 4.42 Å². The fourth-order valence-electron chi connectivity index (χ4n) is 6.17. The molecular weight excluding hydrogens is 552 g/mol. The van der Waals surface area contributed by atoms with E-state index in [1.165, 1.54) is 0 Å². The zero-order valence-electron chi connectivity index (χ0n) is 24.1. The number of hydrogen-bond acceptors (Lipinski definition) is 5. The summed E-state index contributed by atoms with van der Waals surface area (Å²) in [6, 6.07) is 49.3. The van der Waals surface area contributed by atoms with E-state index in [-0.39, 0.29) is 0 Å². The smallest absolute Gasteiger partial charge is 0.227 e. The first kappa shape index (κ1) is 25.3. The van der Waals surface area contributed by atoms with Crippen molar-refractivity contribution in [3.05, 3.63) is 146 Å². The maximum Gasteiger partial charge on any atom is 0.227 e. The lowest BCUT2D eigenvalue weighted by Crippen LogP contribution is -2.00. The van der Waals surface area contributed by atoms with E-state index >= 15 is 0 Å². The summed E-state index contributed by atoms with van der Waals surface area (Å²) >= 11 is 0. The van der Waals surface area contributed by atoms with Gasteiger partial charge in [0.15, 0.2) is 23.1 Å². The summed E-state index contributed by atoms with van der Waals surface area (Å²) in [5.74, 6) is 2.52.